The lowest BCUT2D eigenvalue weighted by Crippen LogP contribution is -2.58. The number of rotatable bonds is 5. The summed E-state index contributed by atoms with van der Waals surface area (Å²) in [6, 6.07) is 7.04. The maximum Gasteiger partial charge on any atom is 0.147 e. The lowest BCUT2D eigenvalue weighted by Gasteiger charge is -2.39. The molecule has 0 unspecified atom stereocenters. The largest absolute Gasteiger partial charge is 0.394 e. The smallest absolute Gasteiger partial charge is 0.147 e. The van der Waals surface area contributed by atoms with Crippen LogP contribution in [0.4, 0.5) is 0 Å². The summed E-state index contributed by atoms with van der Waals surface area (Å²) in [6.07, 6.45) is -8.68. The van der Waals surface area contributed by atoms with E-state index in [2.05, 4.69) is 11.8 Å². The SMILES string of the molecule is OC[C@H]1O[C@H](CC=Cc2cccc(C#C[C@H]3O[C@H](CO)[C@@H](O)[C@H](O)[C@@H]3O)c2)[C@@H](O)[C@@H](O)[C@@H]1O. The Morgan fingerprint density at radius 2 is 1.36 bits per heavy atom. The molecular weight excluding hydrogens is 436 g/mol. The van der Waals surface area contributed by atoms with Crippen LogP contribution >= 0.6 is 0 Å². The minimum absolute atomic E-state index is 0.224. The van der Waals surface area contributed by atoms with Crippen molar-refractivity contribution in [2.24, 2.45) is 0 Å². The monoisotopic (exact) mass is 466 g/mol. The Labute approximate surface area is 191 Å². The minimum Gasteiger partial charge on any atom is -0.394 e. The van der Waals surface area contributed by atoms with Crippen LogP contribution < -0.4 is 0 Å². The van der Waals surface area contributed by atoms with Gasteiger partial charge in [0.15, 0.2) is 0 Å². The Morgan fingerprint density at radius 1 is 0.758 bits per heavy atom. The van der Waals surface area contributed by atoms with Crippen molar-refractivity contribution in [2.75, 3.05) is 13.2 Å². The lowest BCUT2D eigenvalue weighted by molar-refractivity contribution is -0.227. The number of benzene rings is 1. The topological polar surface area (TPSA) is 180 Å². The second-order valence-electron chi connectivity index (χ2n) is 8.15. The molecule has 3 rings (SSSR count). The predicted octanol–water partition coefficient (Wildman–Crippen LogP) is -2.87. The molecule has 0 radical (unpaired) electrons. The first-order valence-corrected chi connectivity index (χ1v) is 10.7. The van der Waals surface area contributed by atoms with Gasteiger partial charge < -0.3 is 50.3 Å². The van der Waals surface area contributed by atoms with Crippen LogP contribution in [0.2, 0.25) is 0 Å². The van der Waals surface area contributed by atoms with Gasteiger partial charge in [0.1, 0.15) is 54.9 Å². The van der Waals surface area contributed by atoms with Crippen LogP contribution in [0.3, 0.4) is 0 Å². The van der Waals surface area contributed by atoms with Gasteiger partial charge in [-0.05, 0) is 24.1 Å². The molecule has 1 aromatic carbocycles. The number of ether oxygens (including phenoxy) is 2. The molecule has 0 bridgehead atoms. The minimum atomic E-state index is -1.49. The zero-order valence-corrected chi connectivity index (χ0v) is 17.8. The first-order valence-electron chi connectivity index (χ1n) is 10.7. The van der Waals surface area contributed by atoms with Crippen LogP contribution in [0.1, 0.15) is 17.5 Å². The third-order valence-corrected chi connectivity index (χ3v) is 5.81. The molecule has 10 atom stereocenters. The third kappa shape index (κ3) is 5.98. The van der Waals surface area contributed by atoms with Crippen LogP contribution in [0, 0.1) is 11.8 Å². The van der Waals surface area contributed by atoms with Gasteiger partial charge in [0, 0.05) is 5.56 Å². The molecule has 2 aliphatic rings. The van der Waals surface area contributed by atoms with Crippen molar-refractivity contribution in [2.45, 2.75) is 67.5 Å². The lowest BCUT2D eigenvalue weighted by atomic mass is 9.93. The average Bonchev–Trinajstić information content (AvgIpc) is 2.82. The second-order valence-corrected chi connectivity index (χ2v) is 8.15. The molecule has 182 valence electrons. The Balaban J connectivity index is 1.64. The van der Waals surface area contributed by atoms with Gasteiger partial charge in [-0.3, -0.25) is 0 Å². The summed E-state index contributed by atoms with van der Waals surface area (Å²) in [6.45, 7) is -1.02. The number of aliphatic hydroxyl groups is 8. The second kappa shape index (κ2) is 11.5. The van der Waals surface area contributed by atoms with Crippen molar-refractivity contribution < 1.29 is 50.3 Å². The van der Waals surface area contributed by atoms with Gasteiger partial charge in [-0.1, -0.05) is 36.1 Å². The standard InChI is InChI=1S/C23H30O10/c24-10-16-20(28)22(30)18(26)14(32-16)6-2-5-12-3-1-4-13(9-12)7-8-15-19(27)23(31)21(29)17(11-25)33-15/h1-5,9,14-31H,6,10-11H2/t14-,15-,16-,17-,18-,19-,20-,21-,22-,23-/m1/s1. The van der Waals surface area contributed by atoms with Gasteiger partial charge in [0.05, 0.1) is 19.3 Å². The maximum absolute atomic E-state index is 10.1. The van der Waals surface area contributed by atoms with Crippen LogP contribution in [0.25, 0.3) is 6.08 Å². The summed E-state index contributed by atoms with van der Waals surface area (Å²) >= 11 is 0. The van der Waals surface area contributed by atoms with Crippen LogP contribution in [-0.2, 0) is 9.47 Å². The van der Waals surface area contributed by atoms with Crippen molar-refractivity contribution in [3.8, 4) is 11.8 Å². The fourth-order valence-electron chi connectivity index (χ4n) is 3.81. The third-order valence-electron chi connectivity index (χ3n) is 5.81. The molecule has 2 aliphatic heterocycles. The summed E-state index contributed by atoms with van der Waals surface area (Å²) < 4.78 is 10.8. The van der Waals surface area contributed by atoms with Crippen molar-refractivity contribution in [1.82, 2.24) is 0 Å². The van der Waals surface area contributed by atoms with E-state index in [0.717, 1.165) is 5.56 Å². The number of aliphatic hydroxyl groups excluding tert-OH is 8. The first kappa shape index (κ1) is 25.7. The molecule has 0 saturated carbocycles. The zero-order valence-electron chi connectivity index (χ0n) is 17.8. The molecule has 10 heteroatoms. The van der Waals surface area contributed by atoms with Gasteiger partial charge in [0.2, 0.25) is 0 Å². The molecule has 2 fully saturated rings. The van der Waals surface area contributed by atoms with E-state index < -0.39 is 74.3 Å². The van der Waals surface area contributed by atoms with Crippen molar-refractivity contribution in [3.05, 3.63) is 41.5 Å². The Morgan fingerprint density at radius 3 is 2.03 bits per heavy atom. The van der Waals surface area contributed by atoms with E-state index in [-0.39, 0.29) is 6.42 Å². The molecule has 33 heavy (non-hydrogen) atoms. The number of hydrogen-bond donors (Lipinski definition) is 8. The molecule has 10 nitrogen and oxygen atoms in total. The Bertz CT molecular complexity index is 860. The van der Waals surface area contributed by atoms with Crippen LogP contribution in [0.5, 0.6) is 0 Å². The zero-order chi connectivity index (χ0) is 24.1. The van der Waals surface area contributed by atoms with Gasteiger partial charge in [-0.2, -0.15) is 0 Å². The highest BCUT2D eigenvalue weighted by Crippen LogP contribution is 2.24. The van der Waals surface area contributed by atoms with Gasteiger partial charge in [0.25, 0.3) is 0 Å². The summed E-state index contributed by atoms with van der Waals surface area (Å²) in [7, 11) is 0. The van der Waals surface area contributed by atoms with E-state index in [9.17, 15) is 40.9 Å². The summed E-state index contributed by atoms with van der Waals surface area (Å²) in [4.78, 5) is 0. The van der Waals surface area contributed by atoms with Crippen molar-refractivity contribution in [3.63, 3.8) is 0 Å². The van der Waals surface area contributed by atoms with Gasteiger partial charge >= 0.3 is 0 Å². The normalized spacial score (nSPS) is 39.3. The summed E-state index contributed by atoms with van der Waals surface area (Å²) in [5.41, 5.74) is 1.35. The Kier molecular flexibility index (Phi) is 8.97. The highest BCUT2D eigenvalue weighted by atomic mass is 16.5. The summed E-state index contributed by atoms with van der Waals surface area (Å²) in [5.74, 6) is 5.55. The fraction of sp³-hybridized carbons (Fsp3) is 0.565. The molecule has 2 heterocycles. The Hall–Kier alpha value is -1.88. The molecule has 1 aromatic rings. The molecule has 0 amide bonds. The maximum atomic E-state index is 10.1. The van der Waals surface area contributed by atoms with Crippen LogP contribution in [-0.4, -0.2) is 115 Å². The average molecular weight is 466 g/mol. The van der Waals surface area contributed by atoms with E-state index in [1.165, 1.54) is 0 Å². The highest BCUT2D eigenvalue weighted by molar-refractivity contribution is 5.53. The molecular formula is C23H30O10. The van der Waals surface area contributed by atoms with E-state index in [4.69, 9.17) is 9.47 Å². The first-order chi connectivity index (χ1) is 15.8. The quantitative estimate of drug-likeness (QED) is 0.210. The van der Waals surface area contributed by atoms with Crippen molar-refractivity contribution in [1.29, 1.82) is 0 Å². The number of hydrogen-bond acceptors (Lipinski definition) is 10. The van der Waals surface area contributed by atoms with E-state index >= 15 is 0 Å². The van der Waals surface area contributed by atoms with Crippen LogP contribution in [0.15, 0.2) is 30.3 Å². The van der Waals surface area contributed by atoms with Gasteiger partial charge in [-0.15, -0.1) is 0 Å². The van der Waals surface area contributed by atoms with Crippen molar-refractivity contribution >= 4 is 6.08 Å². The summed E-state index contributed by atoms with van der Waals surface area (Å²) in [5, 5.41) is 78.1. The van der Waals surface area contributed by atoms with Gasteiger partial charge in [-0.25, -0.2) is 0 Å². The molecule has 0 aliphatic carbocycles. The predicted molar refractivity (Wildman–Crippen MR) is 115 cm³/mol. The fourth-order valence-corrected chi connectivity index (χ4v) is 3.81. The van der Waals surface area contributed by atoms with E-state index in [1.54, 1.807) is 30.4 Å². The molecule has 2 saturated heterocycles. The molecule has 0 spiro atoms. The highest BCUT2D eigenvalue weighted by Gasteiger charge is 2.43. The molecule has 0 aromatic heterocycles. The van der Waals surface area contributed by atoms with E-state index in [0.29, 0.717) is 5.56 Å². The molecule has 8 N–H and O–H groups in total. The van der Waals surface area contributed by atoms with E-state index in [1.807, 2.05) is 6.07 Å².